The molecular formula is C19H22N4O2S. The highest BCUT2D eigenvalue weighted by Gasteiger charge is 2.21. The molecular weight excluding hydrogens is 348 g/mol. The molecule has 0 atom stereocenters. The van der Waals surface area contributed by atoms with Gasteiger partial charge in [-0.2, -0.15) is 0 Å². The predicted octanol–water partition coefficient (Wildman–Crippen LogP) is 2.63. The molecule has 6 nitrogen and oxygen atoms in total. The summed E-state index contributed by atoms with van der Waals surface area (Å²) in [6.45, 7) is 5.07. The number of aryl methyl sites for hydroxylation is 2. The van der Waals surface area contributed by atoms with Gasteiger partial charge in [-0.1, -0.05) is 23.9 Å². The van der Waals surface area contributed by atoms with E-state index in [-0.39, 0.29) is 17.6 Å². The van der Waals surface area contributed by atoms with Gasteiger partial charge in [-0.3, -0.25) is 9.59 Å². The first-order valence-electron chi connectivity index (χ1n) is 8.62. The van der Waals surface area contributed by atoms with Crippen LogP contribution >= 0.6 is 11.8 Å². The van der Waals surface area contributed by atoms with E-state index in [0.717, 1.165) is 35.6 Å². The first-order valence-corrected chi connectivity index (χ1v) is 9.61. The van der Waals surface area contributed by atoms with Crippen molar-refractivity contribution in [2.75, 3.05) is 17.2 Å². The van der Waals surface area contributed by atoms with Crippen molar-refractivity contribution in [3.63, 3.8) is 0 Å². The van der Waals surface area contributed by atoms with Gasteiger partial charge in [0.15, 0.2) is 5.16 Å². The van der Waals surface area contributed by atoms with Gasteiger partial charge in [-0.05, 0) is 44.0 Å². The normalized spacial score (nSPS) is 13.9. The number of anilines is 1. The Labute approximate surface area is 157 Å². The summed E-state index contributed by atoms with van der Waals surface area (Å²) >= 11 is 1.33. The number of nitrogens with zero attached hydrogens (tertiary/aromatic N) is 3. The number of carbonyl (C=O) groups is 2. The first kappa shape index (κ1) is 18.4. The molecule has 1 saturated heterocycles. The van der Waals surface area contributed by atoms with Gasteiger partial charge in [0.2, 0.25) is 11.8 Å². The van der Waals surface area contributed by atoms with Gasteiger partial charge in [0, 0.05) is 36.6 Å². The fourth-order valence-corrected chi connectivity index (χ4v) is 3.63. The lowest BCUT2D eigenvalue weighted by atomic mass is 10.2. The fraction of sp³-hybridized carbons (Fsp3) is 0.368. The zero-order valence-electron chi connectivity index (χ0n) is 15.0. The third-order valence-corrected chi connectivity index (χ3v) is 4.95. The Morgan fingerprint density at radius 2 is 1.88 bits per heavy atom. The molecule has 1 aromatic carbocycles. The molecule has 2 aromatic rings. The molecule has 2 heterocycles. The van der Waals surface area contributed by atoms with Gasteiger partial charge in [-0.15, -0.1) is 0 Å². The Morgan fingerprint density at radius 3 is 2.50 bits per heavy atom. The molecule has 136 valence electrons. The van der Waals surface area contributed by atoms with E-state index >= 15 is 0 Å². The van der Waals surface area contributed by atoms with Gasteiger partial charge in [0.05, 0.1) is 5.75 Å². The highest BCUT2D eigenvalue weighted by Crippen LogP contribution is 2.21. The number of thioether (sulfide) groups is 1. The van der Waals surface area contributed by atoms with Crippen molar-refractivity contribution in [3.05, 3.63) is 47.3 Å². The summed E-state index contributed by atoms with van der Waals surface area (Å²) in [5, 5.41) is 3.52. The van der Waals surface area contributed by atoms with E-state index in [1.807, 2.05) is 49.1 Å². The largest absolute Gasteiger partial charge is 0.351 e. The minimum absolute atomic E-state index is 0.0587. The van der Waals surface area contributed by atoms with Crippen LogP contribution in [0.25, 0.3) is 0 Å². The van der Waals surface area contributed by atoms with E-state index in [1.165, 1.54) is 11.8 Å². The predicted molar refractivity (Wildman–Crippen MR) is 102 cm³/mol. The van der Waals surface area contributed by atoms with Crippen LogP contribution in [0.3, 0.4) is 0 Å². The summed E-state index contributed by atoms with van der Waals surface area (Å²) in [4.78, 5) is 34.2. The molecule has 2 amide bonds. The van der Waals surface area contributed by atoms with Crippen LogP contribution in [-0.4, -0.2) is 34.1 Å². The molecule has 0 bridgehead atoms. The van der Waals surface area contributed by atoms with Crippen molar-refractivity contribution in [2.45, 2.75) is 38.4 Å². The molecule has 0 spiro atoms. The highest BCUT2D eigenvalue weighted by atomic mass is 32.2. The fourth-order valence-electron chi connectivity index (χ4n) is 2.85. The number of aromatic nitrogens is 2. The van der Waals surface area contributed by atoms with Crippen molar-refractivity contribution in [2.24, 2.45) is 0 Å². The summed E-state index contributed by atoms with van der Waals surface area (Å²) in [6.07, 6.45) is 1.54. The summed E-state index contributed by atoms with van der Waals surface area (Å²) in [7, 11) is 0. The van der Waals surface area contributed by atoms with E-state index in [1.54, 1.807) is 0 Å². The van der Waals surface area contributed by atoms with Crippen molar-refractivity contribution in [3.8, 4) is 0 Å². The third-order valence-electron chi connectivity index (χ3n) is 4.11. The van der Waals surface area contributed by atoms with E-state index in [2.05, 4.69) is 15.3 Å². The van der Waals surface area contributed by atoms with E-state index in [9.17, 15) is 9.59 Å². The Kier molecular flexibility index (Phi) is 5.88. The van der Waals surface area contributed by atoms with Crippen molar-refractivity contribution in [1.29, 1.82) is 0 Å². The van der Waals surface area contributed by atoms with Crippen molar-refractivity contribution >= 4 is 29.3 Å². The molecule has 0 aliphatic carbocycles. The number of benzene rings is 1. The zero-order valence-corrected chi connectivity index (χ0v) is 15.8. The van der Waals surface area contributed by atoms with Gasteiger partial charge >= 0.3 is 0 Å². The third kappa shape index (κ3) is 4.82. The average Bonchev–Trinajstić information content (AvgIpc) is 3.04. The minimum Gasteiger partial charge on any atom is -0.351 e. The maximum Gasteiger partial charge on any atom is 0.230 e. The molecule has 1 aromatic heterocycles. The second-order valence-electron chi connectivity index (χ2n) is 6.31. The molecule has 0 radical (unpaired) electrons. The van der Waals surface area contributed by atoms with E-state index < -0.39 is 0 Å². The standard InChI is InChI=1S/C19H22N4O2S/c1-13-10-14(2)22-19(21-13)26-12-17(24)20-11-15-5-7-16(8-6-15)23-9-3-4-18(23)25/h5-8,10H,3-4,9,11-12H2,1-2H3,(H,20,24). The number of nitrogens with one attached hydrogen (secondary N) is 1. The van der Waals surface area contributed by atoms with Crippen LogP contribution in [0, 0.1) is 13.8 Å². The molecule has 0 unspecified atom stereocenters. The Hall–Kier alpha value is -2.41. The SMILES string of the molecule is Cc1cc(C)nc(SCC(=O)NCc2ccc(N3CCCC3=O)cc2)n1. The molecule has 1 fully saturated rings. The molecule has 3 rings (SSSR count). The Morgan fingerprint density at radius 1 is 1.19 bits per heavy atom. The average molecular weight is 370 g/mol. The maximum atomic E-state index is 12.0. The molecule has 1 aliphatic heterocycles. The molecule has 0 saturated carbocycles. The van der Waals surface area contributed by atoms with E-state index in [4.69, 9.17) is 0 Å². The van der Waals surface area contributed by atoms with Crippen molar-refractivity contribution in [1.82, 2.24) is 15.3 Å². The van der Waals surface area contributed by atoms with Crippen LogP contribution in [0.4, 0.5) is 5.69 Å². The van der Waals surface area contributed by atoms with Gasteiger partial charge in [0.1, 0.15) is 0 Å². The van der Waals surface area contributed by atoms with Crippen LogP contribution in [0.5, 0.6) is 0 Å². The first-order chi connectivity index (χ1) is 12.5. The summed E-state index contributed by atoms with van der Waals surface area (Å²) in [5.41, 5.74) is 3.72. The van der Waals surface area contributed by atoms with Crippen molar-refractivity contribution < 1.29 is 9.59 Å². The molecule has 1 aliphatic rings. The summed E-state index contributed by atoms with van der Waals surface area (Å²) in [6, 6.07) is 9.66. The second kappa shape index (κ2) is 8.31. The molecule has 26 heavy (non-hydrogen) atoms. The quantitative estimate of drug-likeness (QED) is 0.625. The second-order valence-corrected chi connectivity index (χ2v) is 7.26. The smallest absolute Gasteiger partial charge is 0.230 e. The lowest BCUT2D eigenvalue weighted by Gasteiger charge is -2.16. The van der Waals surface area contributed by atoms with Gasteiger partial charge in [0.25, 0.3) is 0 Å². The number of hydrogen-bond donors (Lipinski definition) is 1. The summed E-state index contributed by atoms with van der Waals surface area (Å²) < 4.78 is 0. The van der Waals surface area contributed by atoms with Crippen LogP contribution in [0.15, 0.2) is 35.5 Å². The Bertz CT molecular complexity index is 787. The Balaban J connectivity index is 1.47. The monoisotopic (exact) mass is 370 g/mol. The molecule has 1 N–H and O–H groups in total. The zero-order chi connectivity index (χ0) is 18.5. The number of hydrogen-bond acceptors (Lipinski definition) is 5. The van der Waals surface area contributed by atoms with Crippen LogP contribution in [0.1, 0.15) is 29.8 Å². The lowest BCUT2D eigenvalue weighted by molar-refractivity contribution is -0.119. The lowest BCUT2D eigenvalue weighted by Crippen LogP contribution is -2.25. The van der Waals surface area contributed by atoms with Crippen LogP contribution in [0.2, 0.25) is 0 Å². The van der Waals surface area contributed by atoms with Gasteiger partial charge in [-0.25, -0.2) is 9.97 Å². The maximum absolute atomic E-state index is 12.0. The number of rotatable bonds is 6. The number of carbonyl (C=O) groups excluding carboxylic acids is 2. The minimum atomic E-state index is -0.0587. The summed E-state index contributed by atoms with van der Waals surface area (Å²) in [5.74, 6) is 0.400. The van der Waals surface area contributed by atoms with Crippen LogP contribution < -0.4 is 10.2 Å². The van der Waals surface area contributed by atoms with Gasteiger partial charge < -0.3 is 10.2 Å². The topological polar surface area (TPSA) is 75.2 Å². The highest BCUT2D eigenvalue weighted by molar-refractivity contribution is 7.99. The van der Waals surface area contributed by atoms with Crippen LogP contribution in [-0.2, 0) is 16.1 Å². The number of amides is 2. The molecule has 7 heteroatoms. The van der Waals surface area contributed by atoms with E-state index in [0.29, 0.717) is 18.1 Å².